The number of nitrogens with two attached hydrogens (primary N) is 1. The SMILES string of the molecule is NC(=S)CCCCNC(=O)c1cccc(Br)c1F. The summed E-state index contributed by atoms with van der Waals surface area (Å²) >= 11 is 7.78. The largest absolute Gasteiger partial charge is 0.393 e. The lowest BCUT2D eigenvalue weighted by Crippen LogP contribution is -2.25. The van der Waals surface area contributed by atoms with E-state index >= 15 is 0 Å². The third kappa shape index (κ3) is 4.70. The maximum Gasteiger partial charge on any atom is 0.254 e. The van der Waals surface area contributed by atoms with Crippen LogP contribution in [0.1, 0.15) is 29.6 Å². The van der Waals surface area contributed by atoms with Crippen molar-refractivity contribution < 1.29 is 9.18 Å². The molecular formula is C12H14BrFN2OS. The first kappa shape index (κ1) is 15.0. The first-order valence-corrected chi connectivity index (χ1v) is 6.73. The second-order valence-electron chi connectivity index (χ2n) is 3.78. The monoisotopic (exact) mass is 332 g/mol. The lowest BCUT2D eigenvalue weighted by Gasteiger charge is -2.06. The van der Waals surface area contributed by atoms with Crippen molar-refractivity contribution in [2.24, 2.45) is 5.73 Å². The number of carbonyl (C=O) groups excluding carboxylic acids is 1. The van der Waals surface area contributed by atoms with Gasteiger partial charge < -0.3 is 11.1 Å². The first-order valence-electron chi connectivity index (χ1n) is 5.53. The van der Waals surface area contributed by atoms with Gasteiger partial charge in [-0.3, -0.25) is 4.79 Å². The Morgan fingerprint density at radius 1 is 1.44 bits per heavy atom. The molecule has 1 aromatic carbocycles. The number of carbonyl (C=O) groups is 1. The molecule has 3 N–H and O–H groups in total. The molecule has 0 radical (unpaired) electrons. The summed E-state index contributed by atoms with van der Waals surface area (Å²) in [4.78, 5) is 12.2. The highest BCUT2D eigenvalue weighted by molar-refractivity contribution is 9.10. The molecule has 1 rings (SSSR count). The van der Waals surface area contributed by atoms with Gasteiger partial charge >= 0.3 is 0 Å². The fourth-order valence-electron chi connectivity index (χ4n) is 1.40. The molecule has 3 nitrogen and oxygen atoms in total. The molecule has 0 heterocycles. The van der Waals surface area contributed by atoms with E-state index in [-0.39, 0.29) is 10.0 Å². The molecule has 0 aliphatic carbocycles. The maximum atomic E-state index is 13.6. The van der Waals surface area contributed by atoms with Crippen molar-refractivity contribution in [2.75, 3.05) is 6.54 Å². The Morgan fingerprint density at radius 2 is 2.17 bits per heavy atom. The fourth-order valence-corrected chi connectivity index (χ4v) is 1.91. The van der Waals surface area contributed by atoms with Crippen molar-refractivity contribution in [3.05, 3.63) is 34.1 Å². The normalized spacial score (nSPS) is 10.1. The molecule has 18 heavy (non-hydrogen) atoms. The Labute approximate surface area is 119 Å². The summed E-state index contributed by atoms with van der Waals surface area (Å²) in [5, 5.41) is 2.66. The Balaban J connectivity index is 2.41. The predicted octanol–water partition coefficient (Wildman–Crippen LogP) is 2.77. The molecule has 0 bridgehead atoms. The van der Waals surface area contributed by atoms with E-state index in [4.69, 9.17) is 18.0 Å². The first-order chi connectivity index (χ1) is 8.52. The van der Waals surface area contributed by atoms with Crippen molar-refractivity contribution >= 4 is 39.0 Å². The van der Waals surface area contributed by atoms with E-state index in [9.17, 15) is 9.18 Å². The molecule has 0 saturated heterocycles. The van der Waals surface area contributed by atoms with Gasteiger partial charge in [-0.1, -0.05) is 18.3 Å². The molecule has 0 spiro atoms. The summed E-state index contributed by atoms with van der Waals surface area (Å²) in [6.45, 7) is 0.480. The van der Waals surface area contributed by atoms with Gasteiger partial charge in [-0.2, -0.15) is 0 Å². The Morgan fingerprint density at radius 3 is 2.83 bits per heavy atom. The Kier molecular flexibility index (Phi) is 6.21. The second-order valence-corrected chi connectivity index (χ2v) is 5.16. The number of thiocarbonyl (C=S) groups is 1. The summed E-state index contributed by atoms with van der Waals surface area (Å²) in [5.41, 5.74) is 5.39. The van der Waals surface area contributed by atoms with Crippen LogP contribution in [0.5, 0.6) is 0 Å². The summed E-state index contributed by atoms with van der Waals surface area (Å²) in [6, 6.07) is 4.62. The van der Waals surface area contributed by atoms with Crippen LogP contribution in [0.15, 0.2) is 22.7 Å². The molecule has 1 aromatic rings. The number of rotatable bonds is 6. The van der Waals surface area contributed by atoms with Gasteiger partial charge in [-0.05, 0) is 47.3 Å². The molecule has 0 saturated carbocycles. The number of nitrogens with one attached hydrogen (secondary N) is 1. The van der Waals surface area contributed by atoms with E-state index in [1.165, 1.54) is 6.07 Å². The molecule has 0 atom stereocenters. The third-order valence-corrected chi connectivity index (χ3v) is 3.15. The highest BCUT2D eigenvalue weighted by atomic mass is 79.9. The summed E-state index contributed by atoms with van der Waals surface area (Å²) < 4.78 is 13.9. The van der Waals surface area contributed by atoms with Crippen LogP contribution in [0.2, 0.25) is 0 Å². The molecule has 0 aromatic heterocycles. The van der Waals surface area contributed by atoms with Crippen LogP contribution in [0.3, 0.4) is 0 Å². The minimum atomic E-state index is -0.543. The van der Waals surface area contributed by atoms with Gasteiger partial charge in [-0.15, -0.1) is 0 Å². The zero-order valence-corrected chi connectivity index (χ0v) is 12.1. The van der Waals surface area contributed by atoms with Crippen LogP contribution in [0.25, 0.3) is 0 Å². The molecular weight excluding hydrogens is 319 g/mol. The topological polar surface area (TPSA) is 55.1 Å². The average molecular weight is 333 g/mol. The Hall–Kier alpha value is -1.01. The van der Waals surface area contributed by atoms with Crippen LogP contribution in [0, 0.1) is 5.82 Å². The number of halogens is 2. The highest BCUT2D eigenvalue weighted by Crippen LogP contribution is 2.18. The van der Waals surface area contributed by atoms with Gasteiger partial charge in [0.2, 0.25) is 0 Å². The molecule has 0 unspecified atom stereocenters. The van der Waals surface area contributed by atoms with Crippen molar-refractivity contribution in [3.8, 4) is 0 Å². The number of amides is 1. The van der Waals surface area contributed by atoms with Gasteiger partial charge in [0.05, 0.1) is 15.0 Å². The standard InChI is InChI=1S/C12H14BrFN2OS/c13-9-5-3-4-8(11(9)14)12(17)16-7-2-1-6-10(15)18/h3-5H,1-2,6-7H2,(H2,15,18)(H,16,17). The van der Waals surface area contributed by atoms with Crippen LogP contribution in [-0.4, -0.2) is 17.4 Å². The van der Waals surface area contributed by atoms with Crippen molar-refractivity contribution in [3.63, 3.8) is 0 Å². The smallest absolute Gasteiger partial charge is 0.254 e. The molecule has 6 heteroatoms. The Bertz CT molecular complexity index is 454. The van der Waals surface area contributed by atoms with Crippen LogP contribution < -0.4 is 11.1 Å². The quantitative estimate of drug-likeness (QED) is 0.622. The average Bonchev–Trinajstić information content (AvgIpc) is 2.31. The van der Waals surface area contributed by atoms with E-state index in [0.29, 0.717) is 18.0 Å². The molecule has 0 fully saturated rings. The van der Waals surface area contributed by atoms with E-state index in [2.05, 4.69) is 21.2 Å². The van der Waals surface area contributed by atoms with E-state index in [1.54, 1.807) is 12.1 Å². The van der Waals surface area contributed by atoms with Crippen LogP contribution in [-0.2, 0) is 0 Å². The van der Waals surface area contributed by atoms with Gasteiger partial charge in [0.25, 0.3) is 5.91 Å². The van der Waals surface area contributed by atoms with E-state index in [0.717, 1.165) is 12.8 Å². The van der Waals surface area contributed by atoms with Crippen LogP contribution >= 0.6 is 28.1 Å². The summed E-state index contributed by atoms with van der Waals surface area (Å²) in [6.07, 6.45) is 2.24. The predicted molar refractivity (Wildman–Crippen MR) is 77.1 cm³/mol. The van der Waals surface area contributed by atoms with Gasteiger partial charge in [0.15, 0.2) is 0 Å². The molecule has 98 valence electrons. The fraction of sp³-hybridized carbons (Fsp3) is 0.333. The van der Waals surface area contributed by atoms with Crippen molar-refractivity contribution in [1.29, 1.82) is 0 Å². The third-order valence-electron chi connectivity index (χ3n) is 2.33. The summed E-state index contributed by atoms with van der Waals surface area (Å²) in [5.74, 6) is -0.956. The molecule has 0 aliphatic heterocycles. The van der Waals surface area contributed by atoms with E-state index < -0.39 is 11.7 Å². The van der Waals surface area contributed by atoms with E-state index in [1.807, 2.05) is 0 Å². The zero-order chi connectivity index (χ0) is 13.5. The minimum absolute atomic E-state index is 0.0405. The van der Waals surface area contributed by atoms with Crippen molar-refractivity contribution in [1.82, 2.24) is 5.32 Å². The summed E-state index contributed by atoms with van der Waals surface area (Å²) in [7, 11) is 0. The van der Waals surface area contributed by atoms with Gasteiger partial charge in [0, 0.05) is 6.54 Å². The molecule has 1 amide bonds. The zero-order valence-electron chi connectivity index (χ0n) is 9.71. The lowest BCUT2D eigenvalue weighted by molar-refractivity contribution is 0.0949. The maximum absolute atomic E-state index is 13.6. The lowest BCUT2D eigenvalue weighted by atomic mass is 10.2. The molecule has 0 aliphatic rings. The van der Waals surface area contributed by atoms with Gasteiger partial charge in [-0.25, -0.2) is 4.39 Å². The highest BCUT2D eigenvalue weighted by Gasteiger charge is 2.12. The number of benzene rings is 1. The van der Waals surface area contributed by atoms with Crippen LogP contribution in [0.4, 0.5) is 4.39 Å². The van der Waals surface area contributed by atoms with Crippen molar-refractivity contribution in [2.45, 2.75) is 19.3 Å². The number of unbranched alkanes of at least 4 members (excludes halogenated alkanes) is 1. The number of hydrogen-bond donors (Lipinski definition) is 2. The number of hydrogen-bond acceptors (Lipinski definition) is 2. The second kappa shape index (κ2) is 7.43. The van der Waals surface area contributed by atoms with Gasteiger partial charge in [0.1, 0.15) is 5.82 Å². The minimum Gasteiger partial charge on any atom is -0.393 e.